The number of aliphatic carboxylic acids is 1. The Hall–Kier alpha value is -2.48. The van der Waals surface area contributed by atoms with Gasteiger partial charge in [-0.1, -0.05) is 42.3 Å². The molecule has 1 amide bonds. The molecule has 0 bridgehead atoms. The van der Waals surface area contributed by atoms with Gasteiger partial charge in [0.1, 0.15) is 0 Å². The first kappa shape index (κ1) is 21.2. The maximum absolute atomic E-state index is 12.2. The molecule has 29 heavy (non-hydrogen) atoms. The number of carbonyl (C=O) groups is 2. The number of aryl methyl sites for hydroxylation is 1. The van der Waals surface area contributed by atoms with Crippen LogP contribution in [0.5, 0.6) is 5.75 Å². The summed E-state index contributed by atoms with van der Waals surface area (Å²) in [6.45, 7) is 1.52. The molecule has 2 N–H and O–H groups in total. The molecule has 1 heterocycles. The Balaban J connectivity index is 1.72. The minimum atomic E-state index is -1.14. The lowest BCUT2D eigenvalue weighted by molar-refractivity contribution is -0.139. The number of halogens is 2. The van der Waals surface area contributed by atoms with E-state index in [2.05, 4.69) is 17.2 Å². The average Bonchev–Trinajstić information content (AvgIpc) is 3.00. The maximum atomic E-state index is 12.2. The Kier molecular flexibility index (Phi) is 6.84. The van der Waals surface area contributed by atoms with Crippen LogP contribution in [0.2, 0.25) is 10.0 Å². The van der Waals surface area contributed by atoms with E-state index in [4.69, 9.17) is 33.0 Å². The topological polar surface area (TPSA) is 88.0 Å². The van der Waals surface area contributed by atoms with Crippen LogP contribution in [0.15, 0.2) is 46.3 Å². The lowest BCUT2D eigenvalue weighted by atomic mass is 10.1. The third-order valence-electron chi connectivity index (χ3n) is 3.89. The Labute approximate surface area is 181 Å². The van der Waals surface area contributed by atoms with Crippen molar-refractivity contribution in [2.24, 2.45) is 4.99 Å². The van der Waals surface area contributed by atoms with Crippen LogP contribution >= 0.6 is 35.0 Å². The number of carbonyl (C=O) groups excluding carboxylic acids is 1. The number of ether oxygens (including phenoxy) is 1. The van der Waals surface area contributed by atoms with E-state index in [1.165, 1.54) is 17.3 Å². The Bertz CT molecular complexity index is 997. The molecular weight excluding hydrogens is 435 g/mol. The second-order valence-corrected chi connectivity index (χ2v) is 7.85. The van der Waals surface area contributed by atoms with Gasteiger partial charge in [0.2, 0.25) is 0 Å². The lowest BCUT2D eigenvalue weighted by Gasteiger charge is -2.09. The van der Waals surface area contributed by atoms with Crippen molar-refractivity contribution in [1.82, 2.24) is 0 Å². The largest absolute Gasteiger partial charge is 0.479 e. The van der Waals surface area contributed by atoms with Crippen LogP contribution in [0, 0.1) is 0 Å². The number of amides is 1. The Morgan fingerprint density at radius 3 is 2.48 bits per heavy atom. The number of nitrogens with one attached hydrogen (secondary N) is 1. The van der Waals surface area contributed by atoms with Crippen LogP contribution in [0.25, 0.3) is 6.08 Å². The highest BCUT2D eigenvalue weighted by Crippen LogP contribution is 2.36. The molecule has 0 aliphatic carbocycles. The molecule has 3 rings (SSSR count). The zero-order valence-electron chi connectivity index (χ0n) is 15.2. The predicted octanol–water partition coefficient (Wildman–Crippen LogP) is 5.10. The number of rotatable bonds is 6. The van der Waals surface area contributed by atoms with Crippen molar-refractivity contribution in [2.45, 2.75) is 13.3 Å². The molecule has 1 aliphatic heterocycles. The SMILES string of the molecule is CCc1ccc(NC2=NC(=O)/C(=C/c3cc(Cl)c(OCC(=O)O)c(Cl)c3)S2)cc1. The molecule has 9 heteroatoms. The maximum Gasteiger partial charge on any atom is 0.341 e. The van der Waals surface area contributed by atoms with E-state index < -0.39 is 12.6 Å². The van der Waals surface area contributed by atoms with Crippen LogP contribution in [0.3, 0.4) is 0 Å². The van der Waals surface area contributed by atoms with Crippen molar-refractivity contribution < 1.29 is 19.4 Å². The van der Waals surface area contributed by atoms with Crippen LogP contribution in [-0.2, 0) is 16.0 Å². The van der Waals surface area contributed by atoms with Gasteiger partial charge in [0.15, 0.2) is 17.5 Å². The van der Waals surface area contributed by atoms with E-state index in [-0.39, 0.29) is 21.7 Å². The molecule has 0 saturated carbocycles. The summed E-state index contributed by atoms with van der Waals surface area (Å²) < 4.78 is 5.09. The fourth-order valence-electron chi connectivity index (χ4n) is 2.50. The van der Waals surface area contributed by atoms with E-state index in [0.29, 0.717) is 15.6 Å². The number of nitrogens with zero attached hydrogens (tertiary/aromatic N) is 1. The summed E-state index contributed by atoms with van der Waals surface area (Å²) in [5, 5.41) is 12.6. The van der Waals surface area contributed by atoms with Gasteiger partial charge in [0.05, 0.1) is 15.0 Å². The van der Waals surface area contributed by atoms with Gasteiger partial charge in [0, 0.05) is 5.69 Å². The molecule has 0 aromatic heterocycles. The molecule has 150 valence electrons. The molecule has 0 unspecified atom stereocenters. The first-order valence-corrected chi connectivity index (χ1v) is 10.1. The van der Waals surface area contributed by atoms with Crippen molar-refractivity contribution in [3.8, 4) is 5.75 Å². The first-order chi connectivity index (χ1) is 13.9. The van der Waals surface area contributed by atoms with Gasteiger partial charge in [-0.25, -0.2) is 4.79 Å². The van der Waals surface area contributed by atoms with Crippen LogP contribution in [-0.4, -0.2) is 28.8 Å². The normalized spacial score (nSPS) is 14.8. The molecule has 0 atom stereocenters. The zero-order valence-corrected chi connectivity index (χ0v) is 17.6. The molecule has 0 radical (unpaired) electrons. The smallest absolute Gasteiger partial charge is 0.341 e. The van der Waals surface area contributed by atoms with Gasteiger partial charge < -0.3 is 15.2 Å². The van der Waals surface area contributed by atoms with Crippen molar-refractivity contribution in [2.75, 3.05) is 11.9 Å². The number of hydrogen-bond donors (Lipinski definition) is 2. The van der Waals surface area contributed by atoms with Gasteiger partial charge in [-0.2, -0.15) is 4.99 Å². The minimum absolute atomic E-state index is 0.0809. The second-order valence-electron chi connectivity index (χ2n) is 6.00. The van der Waals surface area contributed by atoms with Gasteiger partial charge in [-0.15, -0.1) is 0 Å². The minimum Gasteiger partial charge on any atom is -0.479 e. The fraction of sp³-hybridized carbons (Fsp3) is 0.150. The van der Waals surface area contributed by atoms with Gasteiger partial charge in [-0.05, 0) is 59.7 Å². The molecule has 0 saturated heterocycles. The molecule has 0 fully saturated rings. The predicted molar refractivity (Wildman–Crippen MR) is 117 cm³/mol. The number of hydrogen-bond acceptors (Lipinski definition) is 5. The van der Waals surface area contributed by atoms with Crippen molar-refractivity contribution in [1.29, 1.82) is 0 Å². The third kappa shape index (κ3) is 5.53. The van der Waals surface area contributed by atoms with Crippen LogP contribution < -0.4 is 10.1 Å². The summed E-state index contributed by atoms with van der Waals surface area (Å²) in [5.41, 5.74) is 2.63. The highest BCUT2D eigenvalue weighted by atomic mass is 35.5. The molecule has 6 nitrogen and oxygen atoms in total. The van der Waals surface area contributed by atoms with Crippen LogP contribution in [0.1, 0.15) is 18.1 Å². The van der Waals surface area contributed by atoms with Crippen LogP contribution in [0.4, 0.5) is 5.69 Å². The van der Waals surface area contributed by atoms with Gasteiger partial charge in [0.25, 0.3) is 5.91 Å². The zero-order chi connectivity index (χ0) is 21.0. The number of carboxylic acids is 1. The lowest BCUT2D eigenvalue weighted by Crippen LogP contribution is -2.10. The highest BCUT2D eigenvalue weighted by molar-refractivity contribution is 8.18. The second kappa shape index (κ2) is 9.35. The summed E-state index contributed by atoms with van der Waals surface area (Å²) >= 11 is 13.5. The summed E-state index contributed by atoms with van der Waals surface area (Å²) in [5.74, 6) is -1.43. The molecule has 1 aliphatic rings. The monoisotopic (exact) mass is 450 g/mol. The molecule has 2 aromatic rings. The Morgan fingerprint density at radius 1 is 1.24 bits per heavy atom. The van der Waals surface area contributed by atoms with E-state index in [9.17, 15) is 9.59 Å². The van der Waals surface area contributed by atoms with Gasteiger partial charge >= 0.3 is 5.97 Å². The highest BCUT2D eigenvalue weighted by Gasteiger charge is 2.22. The summed E-state index contributed by atoms with van der Waals surface area (Å²) in [6.07, 6.45) is 2.57. The summed E-state index contributed by atoms with van der Waals surface area (Å²) in [6, 6.07) is 11.0. The van der Waals surface area contributed by atoms with E-state index in [1.54, 1.807) is 18.2 Å². The molecular formula is C20H16Cl2N2O4S. The van der Waals surface area contributed by atoms with Crippen molar-refractivity contribution >= 4 is 63.8 Å². The number of carboxylic acid groups (broad SMARTS) is 1. The molecule has 2 aromatic carbocycles. The quantitative estimate of drug-likeness (QED) is 0.594. The number of amidine groups is 1. The Morgan fingerprint density at radius 2 is 1.90 bits per heavy atom. The number of benzene rings is 2. The van der Waals surface area contributed by atoms with E-state index in [0.717, 1.165) is 12.1 Å². The van der Waals surface area contributed by atoms with E-state index in [1.807, 2.05) is 24.3 Å². The number of anilines is 1. The summed E-state index contributed by atoms with van der Waals surface area (Å²) in [7, 11) is 0. The summed E-state index contributed by atoms with van der Waals surface area (Å²) in [4.78, 5) is 27.3. The number of thioether (sulfide) groups is 1. The third-order valence-corrected chi connectivity index (χ3v) is 5.35. The molecule has 0 spiro atoms. The van der Waals surface area contributed by atoms with E-state index >= 15 is 0 Å². The van der Waals surface area contributed by atoms with Gasteiger partial charge in [-0.3, -0.25) is 4.79 Å². The average molecular weight is 451 g/mol. The number of aliphatic imine (C=N–C) groups is 1. The fourth-order valence-corrected chi connectivity index (χ4v) is 3.94. The van der Waals surface area contributed by atoms with Crippen molar-refractivity contribution in [3.05, 3.63) is 62.5 Å². The first-order valence-electron chi connectivity index (χ1n) is 8.58. The standard InChI is InChI=1S/C20H16Cl2N2O4S/c1-2-11-3-5-13(6-4-11)23-20-24-19(27)16(29-20)9-12-7-14(21)18(15(22)8-12)28-10-17(25)26/h3-9H,2,10H2,1H3,(H,25,26)(H,23,24,27)/b16-9-. The van der Waals surface area contributed by atoms with Crippen molar-refractivity contribution in [3.63, 3.8) is 0 Å².